The number of benzene rings is 2. The monoisotopic (exact) mass is 346 g/mol. The van der Waals surface area contributed by atoms with Gasteiger partial charge in [0.2, 0.25) is 5.91 Å². The second-order valence-electron chi connectivity index (χ2n) is 5.08. The summed E-state index contributed by atoms with van der Waals surface area (Å²) in [6.07, 6.45) is 0.315. The second kappa shape index (κ2) is 9.08. The molecule has 0 aliphatic carbocycles. The van der Waals surface area contributed by atoms with Crippen molar-refractivity contribution in [3.8, 4) is 0 Å². The number of nitrogens with one attached hydrogen (secondary N) is 2. The first kappa shape index (κ1) is 18.0. The van der Waals surface area contributed by atoms with Gasteiger partial charge in [-0.2, -0.15) is 0 Å². The molecule has 0 aliphatic rings. The topological polar surface area (TPSA) is 58.2 Å². The summed E-state index contributed by atoms with van der Waals surface area (Å²) in [6.45, 7) is 0.400. The number of carbonyl (C=O) groups is 2. The van der Waals surface area contributed by atoms with E-state index in [2.05, 4.69) is 10.6 Å². The molecule has 0 saturated heterocycles. The molecule has 24 heavy (non-hydrogen) atoms. The lowest BCUT2D eigenvalue weighted by Gasteiger charge is -2.07. The highest BCUT2D eigenvalue weighted by Crippen LogP contribution is 2.21. The standard InChI is InChI=1S/C18H19FN2O2S/c1-20-18(23)14-8-6-13(7-9-14)12-21-17(22)10-11-24-16-5-3-2-4-15(16)19/h2-9H,10-12H2,1H3,(H,20,23)(H,21,22). The van der Waals surface area contributed by atoms with E-state index in [1.807, 2.05) is 0 Å². The number of carbonyl (C=O) groups excluding carboxylic acids is 2. The van der Waals surface area contributed by atoms with Gasteiger partial charge in [0.1, 0.15) is 5.82 Å². The van der Waals surface area contributed by atoms with Crippen LogP contribution in [0.3, 0.4) is 0 Å². The number of amides is 2. The first-order valence-corrected chi connectivity index (χ1v) is 8.54. The van der Waals surface area contributed by atoms with Gasteiger partial charge in [0, 0.05) is 36.2 Å². The van der Waals surface area contributed by atoms with Gasteiger partial charge in [-0.1, -0.05) is 24.3 Å². The summed E-state index contributed by atoms with van der Waals surface area (Å²) in [4.78, 5) is 23.8. The lowest BCUT2D eigenvalue weighted by atomic mass is 10.1. The zero-order valence-electron chi connectivity index (χ0n) is 13.3. The Kier molecular flexibility index (Phi) is 6.81. The molecule has 2 aromatic rings. The number of hydrogen-bond donors (Lipinski definition) is 2. The third-order valence-corrected chi connectivity index (χ3v) is 4.41. The van der Waals surface area contributed by atoms with Crippen molar-refractivity contribution in [3.63, 3.8) is 0 Å². The van der Waals surface area contributed by atoms with Crippen LogP contribution in [0.4, 0.5) is 4.39 Å². The van der Waals surface area contributed by atoms with E-state index in [4.69, 9.17) is 0 Å². The summed E-state index contributed by atoms with van der Waals surface area (Å²) in [6, 6.07) is 13.6. The number of thioether (sulfide) groups is 1. The van der Waals surface area contributed by atoms with Gasteiger partial charge in [-0.3, -0.25) is 9.59 Å². The summed E-state index contributed by atoms with van der Waals surface area (Å²) in [5.74, 6) is 0.0200. The third-order valence-electron chi connectivity index (χ3n) is 3.36. The fourth-order valence-corrected chi connectivity index (χ4v) is 2.91. The number of hydrogen-bond acceptors (Lipinski definition) is 3. The highest BCUT2D eigenvalue weighted by molar-refractivity contribution is 7.99. The van der Waals surface area contributed by atoms with Gasteiger partial charge >= 0.3 is 0 Å². The summed E-state index contributed by atoms with van der Waals surface area (Å²) >= 11 is 1.32. The van der Waals surface area contributed by atoms with Crippen LogP contribution in [0.2, 0.25) is 0 Å². The van der Waals surface area contributed by atoms with E-state index >= 15 is 0 Å². The zero-order valence-corrected chi connectivity index (χ0v) is 14.2. The molecule has 0 atom stereocenters. The fraction of sp³-hybridized carbons (Fsp3) is 0.222. The van der Waals surface area contributed by atoms with Crippen molar-refractivity contribution < 1.29 is 14.0 Å². The highest BCUT2D eigenvalue weighted by atomic mass is 32.2. The summed E-state index contributed by atoms with van der Waals surface area (Å²) in [5.41, 5.74) is 1.49. The maximum atomic E-state index is 13.4. The second-order valence-corrected chi connectivity index (χ2v) is 6.22. The minimum atomic E-state index is -0.265. The van der Waals surface area contributed by atoms with Gasteiger partial charge in [0.05, 0.1) is 0 Å². The van der Waals surface area contributed by atoms with Crippen molar-refractivity contribution in [1.82, 2.24) is 10.6 Å². The molecule has 2 rings (SSSR count). The van der Waals surface area contributed by atoms with Gasteiger partial charge in [-0.15, -0.1) is 11.8 Å². The van der Waals surface area contributed by atoms with E-state index in [0.29, 0.717) is 29.2 Å². The van der Waals surface area contributed by atoms with Crippen LogP contribution in [-0.2, 0) is 11.3 Å². The Morgan fingerprint density at radius 2 is 1.79 bits per heavy atom. The zero-order chi connectivity index (χ0) is 17.4. The van der Waals surface area contributed by atoms with Crippen molar-refractivity contribution in [2.75, 3.05) is 12.8 Å². The van der Waals surface area contributed by atoms with Crippen LogP contribution in [0.5, 0.6) is 0 Å². The van der Waals surface area contributed by atoms with Crippen molar-refractivity contribution in [3.05, 3.63) is 65.5 Å². The third kappa shape index (κ3) is 5.38. The Morgan fingerprint density at radius 3 is 2.46 bits per heavy atom. The Labute approximate surface area is 144 Å². The van der Waals surface area contributed by atoms with Crippen LogP contribution < -0.4 is 10.6 Å². The normalized spacial score (nSPS) is 10.2. The molecule has 2 amide bonds. The predicted octanol–water partition coefficient (Wildman–Crippen LogP) is 2.98. The van der Waals surface area contributed by atoms with Crippen molar-refractivity contribution in [2.24, 2.45) is 0 Å². The maximum Gasteiger partial charge on any atom is 0.251 e. The molecule has 0 bridgehead atoms. The van der Waals surface area contributed by atoms with E-state index in [0.717, 1.165) is 5.56 Å². The lowest BCUT2D eigenvalue weighted by Crippen LogP contribution is -2.23. The SMILES string of the molecule is CNC(=O)c1ccc(CNC(=O)CCSc2ccccc2F)cc1. The van der Waals surface area contributed by atoms with Crippen LogP contribution in [-0.4, -0.2) is 24.6 Å². The minimum absolute atomic E-state index is 0.0887. The van der Waals surface area contributed by atoms with Crippen molar-refractivity contribution in [2.45, 2.75) is 17.9 Å². The largest absolute Gasteiger partial charge is 0.355 e. The average Bonchev–Trinajstić information content (AvgIpc) is 2.61. The molecule has 2 N–H and O–H groups in total. The molecule has 0 fully saturated rings. The minimum Gasteiger partial charge on any atom is -0.355 e. The molecule has 0 unspecified atom stereocenters. The van der Waals surface area contributed by atoms with Crippen LogP contribution in [0.1, 0.15) is 22.3 Å². The number of rotatable bonds is 7. The molecule has 6 heteroatoms. The van der Waals surface area contributed by atoms with Gasteiger partial charge in [-0.05, 0) is 29.8 Å². The summed E-state index contributed by atoms with van der Waals surface area (Å²) < 4.78 is 13.4. The van der Waals surface area contributed by atoms with Crippen molar-refractivity contribution >= 4 is 23.6 Å². The quantitative estimate of drug-likeness (QED) is 0.758. The van der Waals surface area contributed by atoms with E-state index in [-0.39, 0.29) is 17.6 Å². The molecule has 4 nitrogen and oxygen atoms in total. The molecule has 0 saturated carbocycles. The van der Waals surface area contributed by atoms with Crippen LogP contribution in [0.15, 0.2) is 53.4 Å². The van der Waals surface area contributed by atoms with Crippen LogP contribution in [0.25, 0.3) is 0 Å². The first-order chi connectivity index (χ1) is 11.6. The smallest absolute Gasteiger partial charge is 0.251 e. The van der Waals surface area contributed by atoms with Gasteiger partial charge in [0.15, 0.2) is 0 Å². The maximum absolute atomic E-state index is 13.4. The molecule has 0 aliphatic heterocycles. The number of halogens is 1. The average molecular weight is 346 g/mol. The Bertz CT molecular complexity index is 704. The summed E-state index contributed by atoms with van der Waals surface area (Å²) in [5, 5.41) is 5.37. The Morgan fingerprint density at radius 1 is 1.08 bits per heavy atom. The molecule has 0 spiro atoms. The van der Waals surface area contributed by atoms with E-state index in [9.17, 15) is 14.0 Å². The molecule has 0 aromatic heterocycles. The lowest BCUT2D eigenvalue weighted by molar-refractivity contribution is -0.120. The van der Waals surface area contributed by atoms with E-state index < -0.39 is 0 Å². The van der Waals surface area contributed by atoms with Crippen molar-refractivity contribution in [1.29, 1.82) is 0 Å². The molecule has 0 heterocycles. The van der Waals surface area contributed by atoms with Crippen LogP contribution in [0, 0.1) is 5.82 Å². The molecule has 2 aromatic carbocycles. The van der Waals surface area contributed by atoms with Gasteiger partial charge < -0.3 is 10.6 Å². The highest BCUT2D eigenvalue weighted by Gasteiger charge is 2.06. The fourth-order valence-electron chi connectivity index (χ4n) is 2.02. The molecule has 0 radical (unpaired) electrons. The van der Waals surface area contributed by atoms with Gasteiger partial charge in [-0.25, -0.2) is 4.39 Å². The van der Waals surface area contributed by atoms with E-state index in [1.54, 1.807) is 49.5 Å². The Balaban J connectivity index is 1.73. The van der Waals surface area contributed by atoms with E-state index in [1.165, 1.54) is 17.8 Å². The van der Waals surface area contributed by atoms with Crippen LogP contribution >= 0.6 is 11.8 Å². The first-order valence-electron chi connectivity index (χ1n) is 7.55. The molecular weight excluding hydrogens is 327 g/mol. The molecule has 126 valence electrons. The van der Waals surface area contributed by atoms with Gasteiger partial charge in [0.25, 0.3) is 5.91 Å². The molecular formula is C18H19FN2O2S. The Hall–Kier alpha value is -2.34. The predicted molar refractivity (Wildman–Crippen MR) is 93.4 cm³/mol. The summed E-state index contributed by atoms with van der Waals surface area (Å²) in [7, 11) is 1.58.